The van der Waals surface area contributed by atoms with Gasteiger partial charge in [0.05, 0.1) is 0 Å². The Labute approximate surface area is 149 Å². The van der Waals surface area contributed by atoms with E-state index in [1.54, 1.807) is 11.7 Å². The first-order valence-electron chi connectivity index (χ1n) is 7.75. The number of aryl methyl sites for hydroxylation is 1. The summed E-state index contributed by atoms with van der Waals surface area (Å²) in [6.07, 6.45) is 0. The van der Waals surface area contributed by atoms with Gasteiger partial charge in [-0.1, -0.05) is 17.8 Å². The number of likely N-dealkylation sites (N-methyl/N-ethyl adjacent to an activating group) is 1. The van der Waals surface area contributed by atoms with E-state index in [1.807, 2.05) is 37.2 Å². The third-order valence-electron chi connectivity index (χ3n) is 3.69. The topological polar surface area (TPSA) is 94.4 Å². The highest BCUT2D eigenvalue weighted by Crippen LogP contribution is 2.35. The zero-order valence-electron chi connectivity index (χ0n) is 14.3. The van der Waals surface area contributed by atoms with Crippen LogP contribution in [0.3, 0.4) is 0 Å². The number of thioether (sulfide) groups is 1. The fraction of sp³-hybridized carbons (Fsp3) is 0.467. The summed E-state index contributed by atoms with van der Waals surface area (Å²) in [4.78, 5) is 14.5. The highest BCUT2D eigenvalue weighted by atomic mass is 32.2. The highest BCUT2D eigenvalue weighted by Gasteiger charge is 2.25. The minimum atomic E-state index is -0.406. The largest absolute Gasteiger partial charge is 0.454 e. The van der Waals surface area contributed by atoms with Gasteiger partial charge in [0, 0.05) is 19.3 Å². The van der Waals surface area contributed by atoms with Gasteiger partial charge in [-0.2, -0.15) is 0 Å². The number of fused-ring (bicyclic) bond motifs is 1. The average molecular weight is 364 g/mol. The number of aromatic nitrogens is 4. The van der Waals surface area contributed by atoms with Gasteiger partial charge in [-0.05, 0) is 42.2 Å². The molecular formula is C15H20N6O3S. The van der Waals surface area contributed by atoms with Crippen molar-refractivity contribution >= 4 is 17.7 Å². The van der Waals surface area contributed by atoms with Crippen molar-refractivity contribution in [2.45, 2.75) is 11.2 Å². The number of benzene rings is 1. The lowest BCUT2D eigenvalue weighted by molar-refractivity contribution is -0.125. The van der Waals surface area contributed by atoms with E-state index in [0.29, 0.717) is 29.0 Å². The number of rotatable bonds is 7. The standard InChI is InChI=1S/C15H20N6O3S/c1-20(2)13(10-4-5-11-12(8-10)24-9-23-11)14(22)16-6-7-25-15-17-18-19-21(15)3/h4-5,8,13H,6-7,9H2,1-3H3,(H,16,22)/t13-/m1/s1. The lowest BCUT2D eigenvalue weighted by atomic mass is 10.0. The summed E-state index contributed by atoms with van der Waals surface area (Å²) in [5.41, 5.74) is 0.858. The third-order valence-corrected chi connectivity index (χ3v) is 4.70. The van der Waals surface area contributed by atoms with Gasteiger partial charge in [-0.25, -0.2) is 4.68 Å². The second kappa shape index (κ2) is 7.70. The van der Waals surface area contributed by atoms with Gasteiger partial charge >= 0.3 is 0 Å². The summed E-state index contributed by atoms with van der Waals surface area (Å²) < 4.78 is 12.3. The van der Waals surface area contributed by atoms with E-state index >= 15 is 0 Å². The van der Waals surface area contributed by atoms with E-state index in [0.717, 1.165) is 5.56 Å². The van der Waals surface area contributed by atoms with Crippen LogP contribution < -0.4 is 14.8 Å². The molecule has 0 fully saturated rings. The van der Waals surface area contributed by atoms with Crippen LogP contribution in [0.15, 0.2) is 23.4 Å². The Hall–Kier alpha value is -2.33. The van der Waals surface area contributed by atoms with Crippen LogP contribution in [0.2, 0.25) is 0 Å². The molecule has 10 heteroatoms. The van der Waals surface area contributed by atoms with Gasteiger partial charge in [0.2, 0.25) is 17.9 Å². The quantitative estimate of drug-likeness (QED) is 0.559. The molecule has 1 N–H and O–H groups in total. The van der Waals surface area contributed by atoms with Crippen molar-refractivity contribution in [1.29, 1.82) is 0 Å². The fourth-order valence-electron chi connectivity index (χ4n) is 2.52. The van der Waals surface area contributed by atoms with E-state index in [2.05, 4.69) is 20.8 Å². The first kappa shape index (κ1) is 17.5. The van der Waals surface area contributed by atoms with Crippen LogP contribution in [0.4, 0.5) is 0 Å². The van der Waals surface area contributed by atoms with Gasteiger partial charge in [0.25, 0.3) is 0 Å². The summed E-state index contributed by atoms with van der Waals surface area (Å²) in [5.74, 6) is 1.99. The maximum atomic E-state index is 12.6. The summed E-state index contributed by atoms with van der Waals surface area (Å²) >= 11 is 1.49. The van der Waals surface area contributed by atoms with E-state index in [4.69, 9.17) is 9.47 Å². The molecule has 25 heavy (non-hydrogen) atoms. The Bertz CT molecular complexity index is 751. The summed E-state index contributed by atoms with van der Waals surface area (Å²) in [7, 11) is 5.52. The van der Waals surface area contributed by atoms with E-state index < -0.39 is 6.04 Å². The van der Waals surface area contributed by atoms with Gasteiger partial charge in [0.15, 0.2) is 11.5 Å². The first-order valence-corrected chi connectivity index (χ1v) is 8.73. The molecule has 3 rings (SSSR count). The summed E-state index contributed by atoms with van der Waals surface area (Å²) in [5, 5.41) is 14.9. The van der Waals surface area contributed by atoms with E-state index in [9.17, 15) is 4.79 Å². The molecule has 1 amide bonds. The number of ether oxygens (including phenoxy) is 2. The average Bonchev–Trinajstić information content (AvgIpc) is 3.20. The summed E-state index contributed by atoms with van der Waals surface area (Å²) in [6.45, 7) is 0.733. The molecule has 1 aliphatic rings. The van der Waals surface area contributed by atoms with Crippen molar-refractivity contribution < 1.29 is 14.3 Å². The molecule has 0 saturated heterocycles. The number of carbonyl (C=O) groups is 1. The molecule has 2 aromatic rings. The van der Waals surface area contributed by atoms with Crippen molar-refractivity contribution in [2.75, 3.05) is 33.2 Å². The Morgan fingerprint density at radius 3 is 2.92 bits per heavy atom. The Morgan fingerprint density at radius 1 is 1.40 bits per heavy atom. The number of amides is 1. The summed E-state index contributed by atoms with van der Waals surface area (Å²) in [6, 6.07) is 5.17. The van der Waals surface area contributed by atoms with Crippen molar-refractivity contribution in [3.63, 3.8) is 0 Å². The van der Waals surface area contributed by atoms with Crippen molar-refractivity contribution in [3.05, 3.63) is 23.8 Å². The monoisotopic (exact) mass is 364 g/mol. The molecule has 134 valence electrons. The molecule has 0 radical (unpaired) electrons. The van der Waals surface area contributed by atoms with Gasteiger partial charge in [-0.3, -0.25) is 9.69 Å². The van der Waals surface area contributed by atoms with Crippen LogP contribution in [-0.4, -0.2) is 64.2 Å². The molecule has 0 bridgehead atoms. The molecule has 0 aliphatic carbocycles. The van der Waals surface area contributed by atoms with Crippen LogP contribution in [-0.2, 0) is 11.8 Å². The Balaban J connectivity index is 1.58. The molecule has 1 aromatic carbocycles. The fourth-order valence-corrected chi connectivity index (χ4v) is 3.23. The zero-order chi connectivity index (χ0) is 17.8. The van der Waals surface area contributed by atoms with Crippen molar-refractivity contribution in [3.8, 4) is 11.5 Å². The lowest BCUT2D eigenvalue weighted by Gasteiger charge is -2.24. The van der Waals surface area contributed by atoms with Crippen molar-refractivity contribution in [2.24, 2.45) is 7.05 Å². The molecule has 1 aliphatic heterocycles. The Morgan fingerprint density at radius 2 is 2.20 bits per heavy atom. The minimum absolute atomic E-state index is 0.0689. The molecule has 0 spiro atoms. The van der Waals surface area contributed by atoms with Crippen LogP contribution in [0, 0.1) is 0 Å². The number of nitrogens with zero attached hydrogens (tertiary/aromatic N) is 5. The molecular weight excluding hydrogens is 344 g/mol. The predicted octanol–water partition coefficient (Wildman–Crippen LogP) is 0.450. The second-order valence-corrected chi connectivity index (χ2v) is 6.77. The third kappa shape index (κ3) is 4.02. The van der Waals surface area contributed by atoms with E-state index in [-0.39, 0.29) is 12.7 Å². The van der Waals surface area contributed by atoms with E-state index in [1.165, 1.54) is 11.8 Å². The molecule has 0 unspecified atom stereocenters. The number of carbonyl (C=O) groups excluding carboxylic acids is 1. The predicted molar refractivity (Wildman–Crippen MR) is 91.5 cm³/mol. The number of hydrogen-bond donors (Lipinski definition) is 1. The van der Waals surface area contributed by atoms with Gasteiger partial charge < -0.3 is 14.8 Å². The zero-order valence-corrected chi connectivity index (χ0v) is 15.1. The van der Waals surface area contributed by atoms with Gasteiger partial charge in [-0.15, -0.1) is 5.10 Å². The first-order chi connectivity index (χ1) is 12.1. The molecule has 1 aromatic heterocycles. The van der Waals surface area contributed by atoms with Crippen molar-refractivity contribution in [1.82, 2.24) is 30.4 Å². The van der Waals surface area contributed by atoms with Gasteiger partial charge in [0.1, 0.15) is 6.04 Å². The van der Waals surface area contributed by atoms with Crippen LogP contribution in [0.25, 0.3) is 0 Å². The van der Waals surface area contributed by atoms with Crippen LogP contribution >= 0.6 is 11.8 Å². The van der Waals surface area contributed by atoms with Crippen LogP contribution in [0.5, 0.6) is 11.5 Å². The number of hydrogen-bond acceptors (Lipinski definition) is 8. The Kier molecular flexibility index (Phi) is 5.39. The van der Waals surface area contributed by atoms with Crippen LogP contribution in [0.1, 0.15) is 11.6 Å². The molecule has 0 saturated carbocycles. The second-order valence-electron chi connectivity index (χ2n) is 5.70. The molecule has 9 nitrogen and oxygen atoms in total. The SMILES string of the molecule is CN(C)[C@@H](C(=O)NCCSc1nnnn1C)c1ccc2c(c1)OCO2. The smallest absolute Gasteiger partial charge is 0.241 e. The molecule has 2 heterocycles. The normalized spacial score (nSPS) is 13.9. The number of nitrogens with one attached hydrogen (secondary N) is 1. The number of tetrazole rings is 1. The maximum Gasteiger partial charge on any atom is 0.241 e. The lowest BCUT2D eigenvalue weighted by Crippen LogP contribution is -2.38. The molecule has 1 atom stereocenters. The highest BCUT2D eigenvalue weighted by molar-refractivity contribution is 7.99. The minimum Gasteiger partial charge on any atom is -0.454 e. The maximum absolute atomic E-state index is 12.6.